The van der Waals surface area contributed by atoms with Crippen LogP contribution in [0.4, 0.5) is 8.78 Å². The number of aliphatic hydroxyl groups is 1. The first-order valence-electron chi connectivity index (χ1n) is 6.88. The molecule has 22 heavy (non-hydrogen) atoms. The second-order valence-electron chi connectivity index (χ2n) is 5.43. The van der Waals surface area contributed by atoms with Crippen molar-refractivity contribution in [3.05, 3.63) is 53.4 Å². The highest BCUT2D eigenvalue weighted by Crippen LogP contribution is 2.35. The number of likely N-dealkylation sites (tertiary alicyclic amines) is 1. The lowest BCUT2D eigenvalue weighted by Gasteiger charge is -2.24. The molecule has 1 saturated heterocycles. The molecule has 1 N–H and O–H groups in total. The van der Waals surface area contributed by atoms with Gasteiger partial charge in [-0.05, 0) is 24.6 Å². The molecular formula is C15H15F2N3O2. The summed E-state index contributed by atoms with van der Waals surface area (Å²) in [6.07, 6.45) is 2.36. The normalized spacial score (nSPS) is 21.4. The number of hydrogen-bond acceptors (Lipinski definition) is 3. The summed E-state index contributed by atoms with van der Waals surface area (Å²) in [7, 11) is 1.68. The van der Waals surface area contributed by atoms with Crippen LogP contribution in [0.5, 0.6) is 0 Å². The van der Waals surface area contributed by atoms with Gasteiger partial charge in [-0.25, -0.2) is 8.78 Å². The van der Waals surface area contributed by atoms with Crippen LogP contribution < -0.4 is 0 Å². The molecule has 0 saturated carbocycles. The van der Waals surface area contributed by atoms with Gasteiger partial charge in [0.1, 0.15) is 11.6 Å². The van der Waals surface area contributed by atoms with Gasteiger partial charge in [0, 0.05) is 25.4 Å². The molecule has 3 rings (SSSR count). The molecule has 1 fully saturated rings. The highest BCUT2D eigenvalue weighted by Gasteiger charge is 2.37. The molecule has 1 aromatic carbocycles. The van der Waals surface area contributed by atoms with Crippen molar-refractivity contribution < 1.29 is 18.7 Å². The minimum Gasteiger partial charge on any atom is -0.391 e. The van der Waals surface area contributed by atoms with Crippen LogP contribution in [0, 0.1) is 11.6 Å². The number of carbonyl (C=O) groups excluding carboxylic acids is 1. The number of aliphatic hydroxyl groups excluding tert-OH is 1. The maximum absolute atomic E-state index is 14.0. The van der Waals surface area contributed by atoms with E-state index in [1.165, 1.54) is 15.8 Å². The van der Waals surface area contributed by atoms with E-state index in [9.17, 15) is 18.7 Å². The summed E-state index contributed by atoms with van der Waals surface area (Å²) in [5.41, 5.74) is 0.423. The first kappa shape index (κ1) is 14.6. The molecule has 0 bridgehead atoms. The number of β-amino-alcohol motifs (C(OH)–C–C–N with tert-alkyl or cyclic N) is 1. The third-order valence-electron chi connectivity index (χ3n) is 3.81. The highest BCUT2D eigenvalue weighted by molar-refractivity contribution is 5.94. The van der Waals surface area contributed by atoms with E-state index >= 15 is 0 Å². The molecule has 1 aliphatic heterocycles. The quantitative estimate of drug-likeness (QED) is 0.918. The predicted octanol–water partition coefficient (Wildman–Crippen LogP) is 1.65. The second kappa shape index (κ2) is 5.49. The minimum absolute atomic E-state index is 0.0776. The summed E-state index contributed by atoms with van der Waals surface area (Å²) < 4.78 is 28.9. The molecule has 0 radical (unpaired) electrons. The van der Waals surface area contributed by atoms with E-state index in [2.05, 4.69) is 5.10 Å². The van der Waals surface area contributed by atoms with Gasteiger partial charge in [0.25, 0.3) is 5.91 Å². The van der Waals surface area contributed by atoms with Crippen molar-refractivity contribution in [2.24, 2.45) is 7.05 Å². The van der Waals surface area contributed by atoms with Crippen molar-refractivity contribution in [2.75, 3.05) is 6.54 Å². The number of nitrogens with zero attached hydrogens (tertiary/aromatic N) is 3. The number of aryl methyl sites for hydroxylation is 1. The zero-order valence-corrected chi connectivity index (χ0v) is 11.9. The number of halogens is 2. The molecular weight excluding hydrogens is 292 g/mol. The SMILES string of the molecule is Cn1cc(C(=O)N2C[C@H](O)C[C@H]2c2cc(F)ccc2F)cn1. The number of rotatable bonds is 2. The zero-order valence-electron chi connectivity index (χ0n) is 11.9. The van der Waals surface area contributed by atoms with E-state index in [4.69, 9.17) is 0 Å². The summed E-state index contributed by atoms with van der Waals surface area (Å²) in [5, 5.41) is 13.8. The molecule has 1 aromatic heterocycles. The van der Waals surface area contributed by atoms with Gasteiger partial charge < -0.3 is 10.0 Å². The van der Waals surface area contributed by atoms with Gasteiger partial charge in [-0.15, -0.1) is 0 Å². The van der Waals surface area contributed by atoms with Crippen molar-refractivity contribution in [2.45, 2.75) is 18.6 Å². The van der Waals surface area contributed by atoms with Gasteiger partial charge >= 0.3 is 0 Å². The molecule has 0 spiro atoms. The zero-order chi connectivity index (χ0) is 15.9. The van der Waals surface area contributed by atoms with Crippen LogP contribution in [0.25, 0.3) is 0 Å². The molecule has 0 aliphatic carbocycles. The molecule has 7 heteroatoms. The monoisotopic (exact) mass is 307 g/mol. The van der Waals surface area contributed by atoms with E-state index in [0.29, 0.717) is 5.56 Å². The Morgan fingerprint density at radius 1 is 1.41 bits per heavy atom. The van der Waals surface area contributed by atoms with Crippen LogP contribution in [0.15, 0.2) is 30.6 Å². The molecule has 1 aliphatic rings. The number of amides is 1. The average Bonchev–Trinajstić information content (AvgIpc) is 3.07. The summed E-state index contributed by atoms with van der Waals surface area (Å²) in [6.45, 7) is 0.0777. The molecule has 116 valence electrons. The van der Waals surface area contributed by atoms with Gasteiger partial charge in [-0.1, -0.05) is 0 Å². The third kappa shape index (κ3) is 2.59. The Hall–Kier alpha value is -2.28. The Kier molecular flexibility index (Phi) is 3.66. The molecule has 0 unspecified atom stereocenters. The Bertz CT molecular complexity index is 717. The summed E-state index contributed by atoms with van der Waals surface area (Å²) in [6, 6.07) is 2.43. The van der Waals surface area contributed by atoms with E-state index in [0.717, 1.165) is 18.2 Å². The number of hydrogen-bond donors (Lipinski definition) is 1. The molecule has 5 nitrogen and oxygen atoms in total. The Labute approximate surface area is 125 Å². The van der Waals surface area contributed by atoms with Crippen LogP contribution in [0.2, 0.25) is 0 Å². The minimum atomic E-state index is -0.770. The Morgan fingerprint density at radius 2 is 2.18 bits per heavy atom. The average molecular weight is 307 g/mol. The Balaban J connectivity index is 1.95. The van der Waals surface area contributed by atoms with Crippen LogP contribution >= 0.6 is 0 Å². The van der Waals surface area contributed by atoms with Crippen molar-refractivity contribution in [3.8, 4) is 0 Å². The van der Waals surface area contributed by atoms with Gasteiger partial charge in [0.2, 0.25) is 0 Å². The first-order chi connectivity index (χ1) is 10.5. The van der Waals surface area contributed by atoms with E-state index in [-0.39, 0.29) is 24.4 Å². The van der Waals surface area contributed by atoms with Crippen LogP contribution in [0.3, 0.4) is 0 Å². The summed E-state index contributed by atoms with van der Waals surface area (Å²) >= 11 is 0. The van der Waals surface area contributed by atoms with Crippen LogP contribution in [-0.2, 0) is 7.05 Å². The fourth-order valence-electron chi connectivity index (χ4n) is 2.80. The number of aromatic nitrogens is 2. The highest BCUT2D eigenvalue weighted by atomic mass is 19.1. The van der Waals surface area contributed by atoms with E-state index < -0.39 is 23.8 Å². The van der Waals surface area contributed by atoms with Crippen molar-refractivity contribution in [1.29, 1.82) is 0 Å². The van der Waals surface area contributed by atoms with Gasteiger partial charge in [0.15, 0.2) is 0 Å². The van der Waals surface area contributed by atoms with E-state index in [1.807, 2.05) is 0 Å². The fraction of sp³-hybridized carbons (Fsp3) is 0.333. The summed E-state index contributed by atoms with van der Waals surface area (Å²) in [4.78, 5) is 13.9. The molecule has 1 amide bonds. The molecule has 2 aromatic rings. The topological polar surface area (TPSA) is 58.4 Å². The smallest absolute Gasteiger partial charge is 0.257 e. The largest absolute Gasteiger partial charge is 0.391 e. The lowest BCUT2D eigenvalue weighted by Crippen LogP contribution is -2.32. The lowest BCUT2D eigenvalue weighted by atomic mass is 10.0. The van der Waals surface area contributed by atoms with Crippen LogP contribution in [0.1, 0.15) is 28.4 Å². The molecule has 2 heterocycles. The standard InChI is InChI=1S/C15H15F2N3O2/c1-19-7-9(6-18-19)15(22)20-8-11(21)5-14(20)12-4-10(16)2-3-13(12)17/h2-4,6-7,11,14,21H,5,8H2,1H3/t11-,14+/m1/s1. The predicted molar refractivity (Wildman–Crippen MR) is 74.0 cm³/mol. The van der Waals surface area contributed by atoms with Crippen molar-refractivity contribution >= 4 is 5.91 Å². The van der Waals surface area contributed by atoms with Crippen LogP contribution in [-0.4, -0.2) is 38.3 Å². The van der Waals surface area contributed by atoms with Crippen molar-refractivity contribution in [3.63, 3.8) is 0 Å². The number of benzene rings is 1. The maximum atomic E-state index is 14.0. The fourth-order valence-corrected chi connectivity index (χ4v) is 2.80. The Morgan fingerprint density at radius 3 is 2.86 bits per heavy atom. The van der Waals surface area contributed by atoms with Gasteiger partial charge in [0.05, 0.1) is 23.9 Å². The van der Waals surface area contributed by atoms with Gasteiger partial charge in [-0.3, -0.25) is 9.48 Å². The summed E-state index contributed by atoms with van der Waals surface area (Å²) in [5.74, 6) is -1.53. The van der Waals surface area contributed by atoms with Gasteiger partial charge in [-0.2, -0.15) is 5.10 Å². The van der Waals surface area contributed by atoms with Crippen molar-refractivity contribution in [1.82, 2.24) is 14.7 Å². The first-order valence-corrected chi connectivity index (χ1v) is 6.88. The second-order valence-corrected chi connectivity index (χ2v) is 5.43. The maximum Gasteiger partial charge on any atom is 0.257 e. The number of carbonyl (C=O) groups is 1. The third-order valence-corrected chi connectivity index (χ3v) is 3.81. The molecule has 2 atom stereocenters. The lowest BCUT2D eigenvalue weighted by molar-refractivity contribution is 0.0713. The van der Waals surface area contributed by atoms with E-state index in [1.54, 1.807) is 13.2 Å².